The van der Waals surface area contributed by atoms with Gasteiger partial charge in [0.05, 0.1) is 6.61 Å². The van der Waals surface area contributed by atoms with Gasteiger partial charge in [-0.1, -0.05) is 51.1 Å². The third-order valence-electron chi connectivity index (χ3n) is 6.86. The fraction of sp³-hybridized carbons (Fsp3) is 0.667. The summed E-state index contributed by atoms with van der Waals surface area (Å²) in [5, 5.41) is 0.0621. The van der Waals surface area contributed by atoms with Crippen LogP contribution in [0.25, 0.3) is 0 Å². The Hall–Kier alpha value is -1.74. The molecule has 0 aromatic heterocycles. The summed E-state index contributed by atoms with van der Waals surface area (Å²) in [7, 11) is -1.97. The molecular formula is C24H37NO6Si. The van der Waals surface area contributed by atoms with Crippen molar-refractivity contribution in [3.8, 4) is 0 Å². The highest BCUT2D eigenvalue weighted by Crippen LogP contribution is 2.40. The standard InChI is InChI=1S/C24H37NO6Si/c1-22(2,3)32(6,7)30-14-13-19(26)20-24(17-29-23(4,5)31-20)16-28-21(27)25(24)15-18-11-9-8-10-12-18/h8-12,20H,13-17H2,1-7H3/t20-,24-/m0/s1. The topological polar surface area (TPSA) is 74.3 Å². The van der Waals surface area contributed by atoms with Gasteiger partial charge in [0.25, 0.3) is 0 Å². The molecule has 0 aliphatic carbocycles. The molecule has 2 saturated heterocycles. The second-order valence-corrected chi connectivity index (χ2v) is 15.6. The summed E-state index contributed by atoms with van der Waals surface area (Å²) < 4.78 is 23.7. The number of carbonyl (C=O) groups is 2. The molecule has 0 saturated carbocycles. The van der Waals surface area contributed by atoms with Crippen molar-refractivity contribution < 1.29 is 28.2 Å². The lowest BCUT2D eigenvalue weighted by Crippen LogP contribution is -2.67. The fourth-order valence-electron chi connectivity index (χ4n) is 3.77. The fourth-order valence-corrected chi connectivity index (χ4v) is 4.82. The van der Waals surface area contributed by atoms with Gasteiger partial charge in [0.1, 0.15) is 18.2 Å². The monoisotopic (exact) mass is 463 g/mol. The van der Waals surface area contributed by atoms with Crippen LogP contribution in [0.3, 0.4) is 0 Å². The third-order valence-corrected chi connectivity index (χ3v) is 11.4. The first-order chi connectivity index (χ1) is 14.8. The number of amides is 1. The molecule has 2 heterocycles. The van der Waals surface area contributed by atoms with E-state index in [0.717, 1.165) is 5.56 Å². The van der Waals surface area contributed by atoms with Gasteiger partial charge in [0.2, 0.25) is 0 Å². The summed E-state index contributed by atoms with van der Waals surface area (Å²) in [6, 6.07) is 9.64. The second-order valence-electron chi connectivity index (χ2n) is 10.7. The lowest BCUT2D eigenvalue weighted by atomic mass is 9.87. The lowest BCUT2D eigenvalue weighted by molar-refractivity contribution is -0.304. The van der Waals surface area contributed by atoms with Crippen molar-refractivity contribution in [2.75, 3.05) is 19.8 Å². The van der Waals surface area contributed by atoms with Crippen LogP contribution in [0.2, 0.25) is 18.1 Å². The average Bonchev–Trinajstić information content (AvgIpc) is 3.00. The lowest BCUT2D eigenvalue weighted by Gasteiger charge is -2.48. The Balaban J connectivity index is 1.80. The van der Waals surface area contributed by atoms with Crippen LogP contribution in [0.5, 0.6) is 0 Å². The van der Waals surface area contributed by atoms with E-state index in [4.69, 9.17) is 18.6 Å². The SMILES string of the molecule is CC1(C)OC[C@@]2(COC(=O)N2Cc2ccccc2)[C@H](C(=O)CCO[Si](C)(C)C(C)(C)C)O1. The van der Waals surface area contributed by atoms with E-state index in [1.807, 2.05) is 30.3 Å². The number of Topliss-reactive ketones (excluding diaryl/α,β-unsaturated/α-hetero) is 1. The number of rotatable bonds is 7. The summed E-state index contributed by atoms with van der Waals surface area (Å²) in [6.45, 7) is 15.3. The molecule has 2 atom stereocenters. The highest BCUT2D eigenvalue weighted by molar-refractivity contribution is 6.74. The zero-order valence-electron chi connectivity index (χ0n) is 20.4. The summed E-state index contributed by atoms with van der Waals surface area (Å²) in [4.78, 5) is 27.7. The molecule has 0 N–H and O–H groups in total. The van der Waals surface area contributed by atoms with Crippen molar-refractivity contribution in [2.45, 2.75) is 83.1 Å². The van der Waals surface area contributed by atoms with E-state index in [2.05, 4.69) is 33.9 Å². The number of hydrogen-bond donors (Lipinski definition) is 0. The molecule has 3 rings (SSSR count). The largest absolute Gasteiger partial charge is 0.447 e. The molecule has 1 amide bonds. The highest BCUT2D eigenvalue weighted by Gasteiger charge is 2.60. The Kier molecular flexibility index (Phi) is 6.92. The van der Waals surface area contributed by atoms with Crippen LogP contribution < -0.4 is 0 Å². The first kappa shape index (κ1) is 24.9. The molecule has 8 heteroatoms. The average molecular weight is 464 g/mol. The molecule has 32 heavy (non-hydrogen) atoms. The van der Waals surface area contributed by atoms with Crippen LogP contribution in [-0.4, -0.2) is 62.3 Å². The van der Waals surface area contributed by atoms with E-state index in [0.29, 0.717) is 13.2 Å². The maximum atomic E-state index is 13.4. The Labute approximate surface area is 192 Å². The molecular weight excluding hydrogens is 426 g/mol. The van der Waals surface area contributed by atoms with E-state index in [1.165, 1.54) is 0 Å². The van der Waals surface area contributed by atoms with Crippen molar-refractivity contribution in [1.82, 2.24) is 4.90 Å². The normalized spacial score (nSPS) is 25.8. The Morgan fingerprint density at radius 2 is 1.84 bits per heavy atom. The number of hydrogen-bond acceptors (Lipinski definition) is 6. The van der Waals surface area contributed by atoms with Crippen LogP contribution in [0.15, 0.2) is 30.3 Å². The third kappa shape index (κ3) is 5.08. The molecule has 1 aromatic rings. The summed E-state index contributed by atoms with van der Waals surface area (Å²) in [5.74, 6) is -1.04. The molecule has 0 bridgehead atoms. The van der Waals surface area contributed by atoms with Gasteiger partial charge in [-0.05, 0) is 37.5 Å². The number of ether oxygens (including phenoxy) is 3. The number of cyclic esters (lactones) is 1. The van der Waals surface area contributed by atoms with Gasteiger partial charge in [-0.25, -0.2) is 4.79 Å². The second kappa shape index (κ2) is 8.89. The highest BCUT2D eigenvalue weighted by atomic mass is 28.4. The summed E-state index contributed by atoms with van der Waals surface area (Å²) in [5.41, 5.74) is -0.0562. The minimum Gasteiger partial charge on any atom is -0.447 e. The summed E-state index contributed by atoms with van der Waals surface area (Å²) in [6.07, 6.45) is -1.11. The number of carbonyl (C=O) groups excluding carboxylic acids is 2. The molecule has 2 fully saturated rings. The van der Waals surface area contributed by atoms with Crippen molar-refractivity contribution in [3.63, 3.8) is 0 Å². The van der Waals surface area contributed by atoms with Crippen LogP contribution in [0.4, 0.5) is 4.79 Å². The van der Waals surface area contributed by atoms with Crippen molar-refractivity contribution in [1.29, 1.82) is 0 Å². The predicted octanol–water partition coefficient (Wildman–Crippen LogP) is 4.51. The van der Waals surface area contributed by atoms with Crippen LogP contribution in [0.1, 0.15) is 46.6 Å². The summed E-state index contributed by atoms with van der Waals surface area (Å²) >= 11 is 0. The minimum atomic E-state index is -1.97. The van der Waals surface area contributed by atoms with Gasteiger partial charge >= 0.3 is 6.09 Å². The van der Waals surface area contributed by atoms with E-state index >= 15 is 0 Å². The maximum Gasteiger partial charge on any atom is 0.410 e. The van der Waals surface area contributed by atoms with Crippen LogP contribution in [-0.2, 0) is 30.0 Å². The number of nitrogens with zero attached hydrogens (tertiary/aromatic N) is 1. The van der Waals surface area contributed by atoms with E-state index in [9.17, 15) is 9.59 Å². The Morgan fingerprint density at radius 3 is 2.47 bits per heavy atom. The van der Waals surface area contributed by atoms with Gasteiger partial charge < -0.3 is 18.6 Å². The maximum absolute atomic E-state index is 13.4. The van der Waals surface area contributed by atoms with Gasteiger partial charge in [-0.2, -0.15) is 0 Å². The first-order valence-electron chi connectivity index (χ1n) is 11.2. The quantitative estimate of drug-likeness (QED) is 0.554. The molecule has 1 spiro atoms. The smallest absolute Gasteiger partial charge is 0.410 e. The van der Waals surface area contributed by atoms with Gasteiger partial charge in [0.15, 0.2) is 19.9 Å². The van der Waals surface area contributed by atoms with Crippen LogP contribution in [0, 0.1) is 0 Å². The molecule has 2 aliphatic rings. The minimum absolute atomic E-state index is 0.0498. The van der Waals surface area contributed by atoms with E-state index in [-0.39, 0.29) is 30.5 Å². The number of benzene rings is 1. The zero-order valence-corrected chi connectivity index (χ0v) is 21.4. The van der Waals surface area contributed by atoms with Crippen molar-refractivity contribution >= 4 is 20.2 Å². The molecule has 2 aliphatic heterocycles. The van der Waals surface area contributed by atoms with Gasteiger partial charge in [0, 0.05) is 19.6 Å². The Bertz CT molecular complexity index is 835. The van der Waals surface area contributed by atoms with Crippen LogP contribution >= 0.6 is 0 Å². The van der Waals surface area contributed by atoms with Crippen molar-refractivity contribution in [3.05, 3.63) is 35.9 Å². The molecule has 1 aromatic carbocycles. The van der Waals surface area contributed by atoms with Gasteiger partial charge in [-0.3, -0.25) is 9.69 Å². The van der Waals surface area contributed by atoms with E-state index < -0.39 is 31.8 Å². The molecule has 178 valence electrons. The first-order valence-corrected chi connectivity index (χ1v) is 14.2. The molecule has 0 unspecified atom stereocenters. The van der Waals surface area contributed by atoms with E-state index in [1.54, 1.807) is 18.7 Å². The van der Waals surface area contributed by atoms with Gasteiger partial charge in [-0.15, -0.1) is 0 Å². The molecule has 7 nitrogen and oxygen atoms in total. The zero-order chi connectivity index (χ0) is 23.8. The predicted molar refractivity (Wildman–Crippen MR) is 124 cm³/mol. The number of ketones is 1. The Morgan fingerprint density at radius 1 is 1.19 bits per heavy atom. The van der Waals surface area contributed by atoms with Crippen molar-refractivity contribution in [2.24, 2.45) is 0 Å². The molecule has 0 radical (unpaired) electrons.